The molecule has 1 aromatic heterocycles. The van der Waals surface area contributed by atoms with Crippen LogP contribution in [0, 0.1) is 5.92 Å². The first kappa shape index (κ1) is 13.1. The summed E-state index contributed by atoms with van der Waals surface area (Å²) < 4.78 is 0. The van der Waals surface area contributed by atoms with Gasteiger partial charge < -0.3 is 5.32 Å². The van der Waals surface area contributed by atoms with Crippen molar-refractivity contribution in [3.8, 4) is 0 Å². The van der Waals surface area contributed by atoms with E-state index in [1.165, 1.54) is 0 Å². The molecule has 2 atom stereocenters. The molecule has 102 valence electrons. The average Bonchev–Trinajstić information content (AvgIpc) is 3.27. The van der Waals surface area contributed by atoms with Crippen molar-refractivity contribution in [3.63, 3.8) is 0 Å². The standard InChI is InChI=1S/C16H15ClN2O/c17-15-7-2-1-6-12(15)13-9-14(13)16(20)19-10-11-5-3-4-8-18-11/h1-8,13-14H,9-10H2,(H,19,20). The molecule has 3 rings (SSSR count). The number of nitrogens with zero attached hydrogens (tertiary/aromatic N) is 1. The van der Waals surface area contributed by atoms with Crippen molar-refractivity contribution < 1.29 is 4.79 Å². The highest BCUT2D eigenvalue weighted by atomic mass is 35.5. The van der Waals surface area contributed by atoms with E-state index >= 15 is 0 Å². The Labute approximate surface area is 123 Å². The Bertz CT molecular complexity index is 615. The van der Waals surface area contributed by atoms with Gasteiger partial charge in [0.2, 0.25) is 5.91 Å². The Hall–Kier alpha value is -1.87. The average molecular weight is 287 g/mol. The van der Waals surface area contributed by atoms with Crippen molar-refractivity contribution in [3.05, 3.63) is 64.9 Å². The van der Waals surface area contributed by atoms with E-state index in [0.717, 1.165) is 22.7 Å². The summed E-state index contributed by atoms with van der Waals surface area (Å²) >= 11 is 6.16. The van der Waals surface area contributed by atoms with Crippen LogP contribution in [0.25, 0.3) is 0 Å². The second-order valence-electron chi connectivity index (χ2n) is 5.01. The number of amides is 1. The molecule has 0 saturated heterocycles. The van der Waals surface area contributed by atoms with Gasteiger partial charge in [-0.15, -0.1) is 0 Å². The van der Waals surface area contributed by atoms with Crippen molar-refractivity contribution in [2.24, 2.45) is 5.92 Å². The van der Waals surface area contributed by atoms with E-state index in [4.69, 9.17) is 11.6 Å². The van der Waals surface area contributed by atoms with Gasteiger partial charge in [0.05, 0.1) is 12.2 Å². The lowest BCUT2D eigenvalue weighted by molar-refractivity contribution is -0.122. The maximum absolute atomic E-state index is 12.1. The van der Waals surface area contributed by atoms with Crippen LogP contribution >= 0.6 is 11.6 Å². The van der Waals surface area contributed by atoms with Gasteiger partial charge in [-0.3, -0.25) is 9.78 Å². The molecule has 2 unspecified atom stereocenters. The molecule has 1 N–H and O–H groups in total. The Kier molecular flexibility index (Phi) is 3.70. The Morgan fingerprint density at radius 3 is 2.80 bits per heavy atom. The molecule has 1 aliphatic carbocycles. The predicted octanol–water partition coefficient (Wildman–Crippen LogP) is 3.15. The summed E-state index contributed by atoms with van der Waals surface area (Å²) in [5.41, 5.74) is 1.95. The highest BCUT2D eigenvalue weighted by molar-refractivity contribution is 6.31. The van der Waals surface area contributed by atoms with E-state index in [9.17, 15) is 4.79 Å². The monoisotopic (exact) mass is 286 g/mol. The second-order valence-corrected chi connectivity index (χ2v) is 5.42. The number of halogens is 1. The molecule has 1 saturated carbocycles. The molecule has 2 aromatic rings. The molecule has 1 heterocycles. The first-order chi connectivity index (χ1) is 9.75. The fraction of sp³-hybridized carbons (Fsp3) is 0.250. The SMILES string of the molecule is O=C(NCc1ccccn1)C1CC1c1ccccc1Cl. The van der Waals surface area contributed by atoms with Crippen LogP contribution in [0.5, 0.6) is 0 Å². The largest absolute Gasteiger partial charge is 0.350 e. The number of hydrogen-bond donors (Lipinski definition) is 1. The van der Waals surface area contributed by atoms with E-state index in [2.05, 4.69) is 10.3 Å². The third-order valence-electron chi connectivity index (χ3n) is 3.60. The van der Waals surface area contributed by atoms with Crippen molar-refractivity contribution in [1.82, 2.24) is 10.3 Å². The molecule has 0 bridgehead atoms. The molecular weight excluding hydrogens is 272 g/mol. The van der Waals surface area contributed by atoms with Crippen molar-refractivity contribution in [1.29, 1.82) is 0 Å². The first-order valence-electron chi connectivity index (χ1n) is 6.68. The summed E-state index contributed by atoms with van der Waals surface area (Å²) in [5, 5.41) is 3.68. The van der Waals surface area contributed by atoms with Gasteiger partial charge in [0.25, 0.3) is 0 Å². The summed E-state index contributed by atoms with van der Waals surface area (Å²) in [6.07, 6.45) is 2.60. The minimum absolute atomic E-state index is 0.0404. The minimum Gasteiger partial charge on any atom is -0.350 e. The van der Waals surface area contributed by atoms with Crippen LogP contribution in [0.2, 0.25) is 5.02 Å². The summed E-state index contributed by atoms with van der Waals surface area (Å²) in [5.74, 6) is 0.381. The van der Waals surface area contributed by atoms with Crippen LogP contribution in [-0.4, -0.2) is 10.9 Å². The van der Waals surface area contributed by atoms with Gasteiger partial charge in [-0.25, -0.2) is 0 Å². The van der Waals surface area contributed by atoms with Gasteiger partial charge in [0.1, 0.15) is 0 Å². The zero-order chi connectivity index (χ0) is 13.9. The summed E-state index contributed by atoms with van der Waals surface area (Å²) in [6.45, 7) is 0.478. The zero-order valence-corrected chi connectivity index (χ0v) is 11.7. The van der Waals surface area contributed by atoms with Crippen LogP contribution in [0.4, 0.5) is 0 Å². The van der Waals surface area contributed by atoms with E-state index in [1.54, 1.807) is 6.20 Å². The van der Waals surface area contributed by atoms with Crippen LogP contribution in [0.3, 0.4) is 0 Å². The van der Waals surface area contributed by atoms with Crippen LogP contribution < -0.4 is 5.32 Å². The van der Waals surface area contributed by atoms with E-state index < -0.39 is 0 Å². The van der Waals surface area contributed by atoms with E-state index in [-0.39, 0.29) is 17.7 Å². The number of hydrogen-bond acceptors (Lipinski definition) is 2. The third-order valence-corrected chi connectivity index (χ3v) is 3.95. The molecule has 20 heavy (non-hydrogen) atoms. The number of pyridine rings is 1. The molecule has 1 fully saturated rings. The molecule has 1 amide bonds. The molecule has 1 aliphatic rings. The normalized spacial score (nSPS) is 20.4. The zero-order valence-electron chi connectivity index (χ0n) is 10.9. The number of aromatic nitrogens is 1. The number of rotatable bonds is 4. The van der Waals surface area contributed by atoms with Gasteiger partial charge in [0.15, 0.2) is 0 Å². The van der Waals surface area contributed by atoms with Crippen LogP contribution in [-0.2, 0) is 11.3 Å². The quantitative estimate of drug-likeness (QED) is 0.938. The van der Waals surface area contributed by atoms with E-state index in [0.29, 0.717) is 6.54 Å². The van der Waals surface area contributed by atoms with Gasteiger partial charge in [0, 0.05) is 17.1 Å². The maximum Gasteiger partial charge on any atom is 0.224 e. The fourth-order valence-corrected chi connectivity index (χ4v) is 2.69. The molecule has 4 heteroatoms. The van der Waals surface area contributed by atoms with Gasteiger partial charge in [-0.1, -0.05) is 35.9 Å². The Morgan fingerprint density at radius 1 is 1.25 bits per heavy atom. The first-order valence-corrected chi connectivity index (χ1v) is 7.05. The topological polar surface area (TPSA) is 42.0 Å². The predicted molar refractivity (Wildman–Crippen MR) is 78.4 cm³/mol. The maximum atomic E-state index is 12.1. The highest BCUT2D eigenvalue weighted by Crippen LogP contribution is 2.49. The van der Waals surface area contributed by atoms with Crippen LogP contribution in [0.1, 0.15) is 23.6 Å². The smallest absolute Gasteiger partial charge is 0.224 e. The third kappa shape index (κ3) is 2.83. The van der Waals surface area contributed by atoms with Crippen molar-refractivity contribution in [2.45, 2.75) is 18.9 Å². The number of carbonyl (C=O) groups is 1. The van der Waals surface area contributed by atoms with Crippen LogP contribution in [0.15, 0.2) is 48.7 Å². The summed E-state index contributed by atoms with van der Waals surface area (Å²) in [6, 6.07) is 13.4. The van der Waals surface area contributed by atoms with Gasteiger partial charge in [-0.05, 0) is 36.1 Å². The molecule has 1 aromatic carbocycles. The minimum atomic E-state index is 0.0404. The summed E-state index contributed by atoms with van der Waals surface area (Å²) in [7, 11) is 0. The van der Waals surface area contributed by atoms with Gasteiger partial charge >= 0.3 is 0 Å². The highest BCUT2D eigenvalue weighted by Gasteiger charge is 2.44. The molecule has 3 nitrogen and oxygen atoms in total. The molecule has 0 spiro atoms. The number of carbonyl (C=O) groups excluding carboxylic acids is 1. The lowest BCUT2D eigenvalue weighted by atomic mass is 10.1. The lowest BCUT2D eigenvalue weighted by Gasteiger charge is -2.05. The number of nitrogens with one attached hydrogen (secondary N) is 1. The molecule has 0 aliphatic heterocycles. The Morgan fingerprint density at radius 2 is 2.05 bits per heavy atom. The second kappa shape index (κ2) is 5.63. The summed E-state index contributed by atoms with van der Waals surface area (Å²) in [4.78, 5) is 16.3. The lowest BCUT2D eigenvalue weighted by Crippen LogP contribution is -2.25. The molecule has 0 radical (unpaired) electrons. The van der Waals surface area contributed by atoms with Crippen molar-refractivity contribution in [2.75, 3.05) is 0 Å². The van der Waals surface area contributed by atoms with Crippen molar-refractivity contribution >= 4 is 17.5 Å². The van der Waals surface area contributed by atoms with Gasteiger partial charge in [-0.2, -0.15) is 0 Å². The molecular formula is C16H15ClN2O. The number of benzene rings is 1. The fourth-order valence-electron chi connectivity index (χ4n) is 2.42. The Balaban J connectivity index is 1.57. The van der Waals surface area contributed by atoms with E-state index in [1.807, 2.05) is 42.5 Å².